The molecule has 76 valence electrons. The van der Waals surface area contributed by atoms with E-state index >= 15 is 0 Å². The fourth-order valence-corrected chi connectivity index (χ4v) is 3.50. The summed E-state index contributed by atoms with van der Waals surface area (Å²) < 4.78 is 22.8. The molecule has 2 rings (SSSR count). The highest BCUT2D eigenvalue weighted by Crippen LogP contribution is 2.29. The highest BCUT2D eigenvalue weighted by Gasteiger charge is 2.44. The molecule has 3 nitrogen and oxygen atoms in total. The molecule has 0 bridgehead atoms. The molecule has 0 radical (unpaired) electrons. The van der Waals surface area contributed by atoms with Crippen molar-refractivity contribution < 1.29 is 13.7 Å². The minimum atomic E-state index is -0.756. The fraction of sp³-hybridized carbons (Fsp3) is 1.00. The van der Waals surface area contributed by atoms with Crippen molar-refractivity contribution in [2.45, 2.75) is 37.2 Å². The standard InChI is InChI=1S/C9H16O3S/c1-2-5-13(10)8-6-12-7-3-4-11-9(7)8/h7-9H,2-6H2,1H3/t7?,8?,9?,13-/m1/s1. The SMILES string of the molecule is CCC[S@@](=O)C1COC2CCOC21. The van der Waals surface area contributed by atoms with Crippen LogP contribution in [-0.4, -0.2) is 40.6 Å². The summed E-state index contributed by atoms with van der Waals surface area (Å²) in [6.07, 6.45) is 2.29. The van der Waals surface area contributed by atoms with Crippen LogP contribution in [0.15, 0.2) is 0 Å². The van der Waals surface area contributed by atoms with Gasteiger partial charge in [-0.2, -0.15) is 0 Å². The number of ether oxygens (including phenoxy) is 2. The Kier molecular flexibility index (Phi) is 3.01. The summed E-state index contributed by atoms with van der Waals surface area (Å²) in [5, 5.41) is 0.132. The zero-order valence-electron chi connectivity index (χ0n) is 7.90. The highest BCUT2D eigenvalue weighted by atomic mass is 32.2. The van der Waals surface area contributed by atoms with Crippen molar-refractivity contribution in [3.05, 3.63) is 0 Å². The third kappa shape index (κ3) is 1.80. The van der Waals surface area contributed by atoms with Gasteiger partial charge in [-0.05, 0) is 12.8 Å². The maximum absolute atomic E-state index is 11.7. The molecule has 3 unspecified atom stereocenters. The van der Waals surface area contributed by atoms with E-state index in [9.17, 15) is 4.21 Å². The Morgan fingerprint density at radius 3 is 3.08 bits per heavy atom. The minimum absolute atomic E-state index is 0.118. The van der Waals surface area contributed by atoms with E-state index in [0.29, 0.717) is 6.61 Å². The predicted octanol–water partition coefficient (Wildman–Crippen LogP) is 0.701. The van der Waals surface area contributed by atoms with Crippen molar-refractivity contribution in [3.63, 3.8) is 0 Å². The first kappa shape index (κ1) is 9.62. The Bertz CT molecular complexity index is 207. The minimum Gasteiger partial charge on any atom is -0.374 e. The van der Waals surface area contributed by atoms with Crippen molar-refractivity contribution in [3.8, 4) is 0 Å². The van der Waals surface area contributed by atoms with Crippen LogP contribution in [0.4, 0.5) is 0 Å². The molecule has 0 aromatic rings. The van der Waals surface area contributed by atoms with Gasteiger partial charge in [-0.1, -0.05) is 6.92 Å². The quantitative estimate of drug-likeness (QED) is 0.679. The summed E-state index contributed by atoms with van der Waals surface area (Å²) in [6, 6.07) is 0. The molecule has 13 heavy (non-hydrogen) atoms. The average Bonchev–Trinajstić information content (AvgIpc) is 2.62. The zero-order valence-corrected chi connectivity index (χ0v) is 8.72. The van der Waals surface area contributed by atoms with Crippen LogP contribution in [0.1, 0.15) is 19.8 Å². The van der Waals surface area contributed by atoms with Crippen molar-refractivity contribution in [1.29, 1.82) is 0 Å². The third-order valence-corrected chi connectivity index (χ3v) is 4.55. The van der Waals surface area contributed by atoms with Crippen molar-refractivity contribution >= 4 is 10.8 Å². The summed E-state index contributed by atoms with van der Waals surface area (Å²) >= 11 is 0. The van der Waals surface area contributed by atoms with Gasteiger partial charge in [-0.25, -0.2) is 0 Å². The van der Waals surface area contributed by atoms with Crippen LogP contribution >= 0.6 is 0 Å². The van der Waals surface area contributed by atoms with Gasteiger partial charge < -0.3 is 9.47 Å². The highest BCUT2D eigenvalue weighted by molar-refractivity contribution is 7.85. The lowest BCUT2D eigenvalue weighted by Gasteiger charge is -2.14. The summed E-state index contributed by atoms with van der Waals surface area (Å²) in [4.78, 5) is 0. The van der Waals surface area contributed by atoms with Gasteiger partial charge in [-0.15, -0.1) is 0 Å². The van der Waals surface area contributed by atoms with Gasteiger partial charge in [0.05, 0.1) is 18.0 Å². The largest absolute Gasteiger partial charge is 0.374 e. The number of hydrogen-bond acceptors (Lipinski definition) is 3. The van der Waals surface area contributed by atoms with E-state index in [4.69, 9.17) is 9.47 Å². The van der Waals surface area contributed by atoms with Crippen LogP contribution in [-0.2, 0) is 20.3 Å². The second-order valence-electron chi connectivity index (χ2n) is 3.62. The molecule has 2 saturated heterocycles. The van der Waals surface area contributed by atoms with Gasteiger partial charge in [0.15, 0.2) is 0 Å². The molecular formula is C9H16O3S. The number of rotatable bonds is 3. The Morgan fingerprint density at radius 2 is 2.31 bits per heavy atom. The molecule has 0 amide bonds. The normalized spacial score (nSPS) is 40.5. The maximum atomic E-state index is 11.7. The van der Waals surface area contributed by atoms with Crippen LogP contribution < -0.4 is 0 Å². The van der Waals surface area contributed by atoms with Crippen LogP contribution in [0.25, 0.3) is 0 Å². The predicted molar refractivity (Wildman–Crippen MR) is 51.2 cm³/mol. The monoisotopic (exact) mass is 204 g/mol. The topological polar surface area (TPSA) is 35.5 Å². The Balaban J connectivity index is 1.96. The lowest BCUT2D eigenvalue weighted by atomic mass is 10.2. The molecule has 2 aliphatic rings. The Labute approximate surface area is 81.2 Å². The molecule has 2 fully saturated rings. The van der Waals surface area contributed by atoms with Crippen LogP contribution in [0.3, 0.4) is 0 Å². The van der Waals surface area contributed by atoms with E-state index in [2.05, 4.69) is 6.92 Å². The van der Waals surface area contributed by atoms with Gasteiger partial charge in [0.1, 0.15) is 6.10 Å². The molecule has 0 spiro atoms. The van der Waals surface area contributed by atoms with Crippen LogP contribution in [0.5, 0.6) is 0 Å². The van der Waals surface area contributed by atoms with E-state index in [0.717, 1.165) is 25.2 Å². The molecule has 2 heterocycles. The third-order valence-electron chi connectivity index (χ3n) is 2.66. The van der Waals surface area contributed by atoms with Gasteiger partial charge in [0, 0.05) is 23.2 Å². The van der Waals surface area contributed by atoms with Gasteiger partial charge in [0.25, 0.3) is 0 Å². The average molecular weight is 204 g/mol. The first-order chi connectivity index (χ1) is 6.33. The zero-order chi connectivity index (χ0) is 9.26. The maximum Gasteiger partial charge on any atom is 0.100 e. The molecular weight excluding hydrogens is 188 g/mol. The molecule has 0 aromatic carbocycles. The van der Waals surface area contributed by atoms with Gasteiger partial charge >= 0.3 is 0 Å². The van der Waals surface area contributed by atoms with Gasteiger partial charge in [-0.3, -0.25) is 4.21 Å². The van der Waals surface area contributed by atoms with Gasteiger partial charge in [0.2, 0.25) is 0 Å². The summed E-state index contributed by atoms with van der Waals surface area (Å²) in [5.41, 5.74) is 0. The smallest absolute Gasteiger partial charge is 0.100 e. The first-order valence-electron chi connectivity index (χ1n) is 4.93. The van der Waals surface area contributed by atoms with Crippen molar-refractivity contribution in [1.82, 2.24) is 0 Å². The summed E-state index contributed by atoms with van der Waals surface area (Å²) in [6.45, 7) is 3.46. The molecule has 4 heteroatoms. The second kappa shape index (κ2) is 4.07. The molecule has 4 atom stereocenters. The van der Waals surface area contributed by atoms with Crippen LogP contribution in [0.2, 0.25) is 0 Å². The molecule has 0 aromatic heterocycles. The van der Waals surface area contributed by atoms with Crippen LogP contribution in [0, 0.1) is 0 Å². The summed E-state index contributed by atoms with van der Waals surface area (Å²) in [5.74, 6) is 0.778. The summed E-state index contributed by atoms with van der Waals surface area (Å²) in [7, 11) is -0.756. The van der Waals surface area contributed by atoms with E-state index in [1.807, 2.05) is 0 Å². The Morgan fingerprint density at radius 1 is 1.46 bits per heavy atom. The Hall–Kier alpha value is 0.0700. The van der Waals surface area contributed by atoms with E-state index in [1.54, 1.807) is 0 Å². The van der Waals surface area contributed by atoms with Crippen molar-refractivity contribution in [2.75, 3.05) is 19.0 Å². The first-order valence-corrected chi connectivity index (χ1v) is 6.31. The number of fused-ring (bicyclic) bond motifs is 1. The molecule has 0 aliphatic carbocycles. The molecule has 0 N–H and O–H groups in total. The second-order valence-corrected chi connectivity index (χ2v) is 5.39. The lowest BCUT2D eigenvalue weighted by Crippen LogP contribution is -2.32. The van der Waals surface area contributed by atoms with E-state index in [1.165, 1.54) is 0 Å². The van der Waals surface area contributed by atoms with E-state index < -0.39 is 10.8 Å². The van der Waals surface area contributed by atoms with Crippen molar-refractivity contribution in [2.24, 2.45) is 0 Å². The van der Waals surface area contributed by atoms with E-state index in [-0.39, 0.29) is 17.5 Å². The number of hydrogen-bond donors (Lipinski definition) is 0. The fourth-order valence-electron chi connectivity index (χ4n) is 2.01. The lowest BCUT2D eigenvalue weighted by molar-refractivity contribution is 0.0737. The molecule has 0 saturated carbocycles. The molecule has 2 aliphatic heterocycles.